The molecule has 0 unspecified atom stereocenters. The molecule has 1 aromatic rings. The van der Waals surface area contributed by atoms with Crippen molar-refractivity contribution in [2.24, 2.45) is 0 Å². The largest absolute Gasteiger partial charge is 0.378 e. The fraction of sp³-hybridized carbons (Fsp3) is 0.579. The fourth-order valence-electron chi connectivity index (χ4n) is 3.46. The molecule has 6 nitrogen and oxygen atoms in total. The molecule has 0 aromatic heterocycles. The average molecular weight is 345 g/mol. The number of benzene rings is 1. The summed E-state index contributed by atoms with van der Waals surface area (Å²) < 4.78 is 5.27. The minimum absolute atomic E-state index is 0.0846. The molecule has 1 N–H and O–H groups in total. The van der Waals surface area contributed by atoms with Crippen LogP contribution in [0, 0.1) is 6.92 Å². The van der Waals surface area contributed by atoms with E-state index in [0.717, 1.165) is 30.6 Å². The molecule has 2 heterocycles. The van der Waals surface area contributed by atoms with E-state index in [1.807, 2.05) is 30.0 Å². The van der Waals surface area contributed by atoms with E-state index in [2.05, 4.69) is 12.2 Å². The molecule has 0 spiro atoms. The Morgan fingerprint density at radius 2 is 1.92 bits per heavy atom. The Balaban J connectivity index is 1.67. The lowest BCUT2D eigenvalue weighted by atomic mass is 10.0. The minimum atomic E-state index is -0.116. The van der Waals surface area contributed by atoms with Crippen LogP contribution >= 0.6 is 0 Å². The summed E-state index contributed by atoms with van der Waals surface area (Å²) in [5.41, 5.74) is 2.34. The highest BCUT2D eigenvalue weighted by atomic mass is 16.5. The number of piperidine rings is 1. The van der Waals surface area contributed by atoms with Gasteiger partial charge >= 0.3 is 6.03 Å². The molecule has 1 aromatic carbocycles. The number of aryl methyl sites for hydroxylation is 1. The van der Waals surface area contributed by atoms with Crippen LogP contribution < -0.4 is 5.32 Å². The standard InChI is InChI=1S/C19H27N3O3/c1-14-13-16(18(23)22-8-4-3-5-15(22)2)6-7-17(14)20-19(24)21-9-11-25-12-10-21/h6-7,13,15H,3-5,8-12H2,1-2H3,(H,20,24)/t15-/m1/s1. The fourth-order valence-corrected chi connectivity index (χ4v) is 3.46. The normalized spacial score (nSPS) is 21.1. The Kier molecular flexibility index (Phi) is 5.58. The highest BCUT2D eigenvalue weighted by molar-refractivity contribution is 5.96. The number of carbonyl (C=O) groups excluding carboxylic acids is 2. The summed E-state index contributed by atoms with van der Waals surface area (Å²) in [6, 6.07) is 5.69. The number of hydrogen-bond acceptors (Lipinski definition) is 3. The Hall–Kier alpha value is -2.08. The van der Waals surface area contributed by atoms with E-state index < -0.39 is 0 Å². The van der Waals surface area contributed by atoms with Crippen LogP contribution in [0.2, 0.25) is 0 Å². The molecule has 2 aliphatic rings. The molecular formula is C19H27N3O3. The van der Waals surface area contributed by atoms with Crippen LogP contribution in [0.25, 0.3) is 0 Å². The summed E-state index contributed by atoms with van der Waals surface area (Å²) >= 11 is 0. The number of nitrogens with zero attached hydrogens (tertiary/aromatic N) is 2. The van der Waals surface area contributed by atoms with Crippen molar-refractivity contribution in [3.8, 4) is 0 Å². The molecule has 1 atom stereocenters. The first kappa shape index (κ1) is 17.7. The van der Waals surface area contributed by atoms with Crippen molar-refractivity contribution >= 4 is 17.6 Å². The second-order valence-electron chi connectivity index (χ2n) is 6.90. The van der Waals surface area contributed by atoms with E-state index in [1.165, 1.54) is 6.42 Å². The van der Waals surface area contributed by atoms with E-state index in [0.29, 0.717) is 37.9 Å². The molecule has 3 amide bonds. The van der Waals surface area contributed by atoms with E-state index in [9.17, 15) is 9.59 Å². The van der Waals surface area contributed by atoms with Gasteiger partial charge in [-0.15, -0.1) is 0 Å². The van der Waals surface area contributed by atoms with E-state index in [4.69, 9.17) is 4.74 Å². The number of anilines is 1. The zero-order valence-electron chi connectivity index (χ0n) is 15.1. The van der Waals surface area contributed by atoms with Crippen LogP contribution in [0.3, 0.4) is 0 Å². The first-order valence-electron chi connectivity index (χ1n) is 9.11. The molecule has 25 heavy (non-hydrogen) atoms. The molecule has 136 valence electrons. The molecule has 0 radical (unpaired) electrons. The Morgan fingerprint density at radius 1 is 1.16 bits per heavy atom. The van der Waals surface area contributed by atoms with Crippen LogP contribution in [0.1, 0.15) is 42.1 Å². The van der Waals surface area contributed by atoms with Crippen LogP contribution in [0.5, 0.6) is 0 Å². The lowest BCUT2D eigenvalue weighted by molar-refractivity contribution is 0.0564. The van der Waals surface area contributed by atoms with Gasteiger partial charge < -0.3 is 19.9 Å². The van der Waals surface area contributed by atoms with Crippen LogP contribution in [-0.2, 0) is 4.74 Å². The molecule has 2 fully saturated rings. The van der Waals surface area contributed by atoms with Gasteiger partial charge in [-0.1, -0.05) is 0 Å². The number of urea groups is 1. The molecule has 2 saturated heterocycles. The summed E-state index contributed by atoms with van der Waals surface area (Å²) in [7, 11) is 0. The molecular weight excluding hydrogens is 318 g/mol. The third-order valence-electron chi connectivity index (χ3n) is 5.08. The predicted molar refractivity (Wildman–Crippen MR) is 96.9 cm³/mol. The van der Waals surface area contributed by atoms with Gasteiger partial charge in [0.1, 0.15) is 0 Å². The number of carbonyl (C=O) groups is 2. The molecule has 0 aliphatic carbocycles. The summed E-state index contributed by atoms with van der Waals surface area (Å²) in [6.45, 7) is 7.23. The van der Waals surface area contributed by atoms with Crippen molar-refractivity contribution in [1.82, 2.24) is 9.80 Å². The van der Waals surface area contributed by atoms with Crippen LogP contribution in [-0.4, -0.2) is 60.6 Å². The summed E-state index contributed by atoms with van der Waals surface area (Å²) in [6.07, 6.45) is 3.33. The Bertz CT molecular complexity index is 641. The number of ether oxygens (including phenoxy) is 1. The number of hydrogen-bond donors (Lipinski definition) is 1. The second-order valence-corrected chi connectivity index (χ2v) is 6.90. The zero-order valence-corrected chi connectivity index (χ0v) is 15.1. The third kappa shape index (κ3) is 4.12. The zero-order chi connectivity index (χ0) is 17.8. The average Bonchev–Trinajstić information content (AvgIpc) is 2.64. The highest BCUT2D eigenvalue weighted by Crippen LogP contribution is 2.22. The number of amides is 3. The van der Waals surface area contributed by atoms with Gasteiger partial charge in [0, 0.05) is 36.9 Å². The van der Waals surface area contributed by atoms with Gasteiger partial charge in [0.15, 0.2) is 0 Å². The summed E-state index contributed by atoms with van der Waals surface area (Å²) in [4.78, 5) is 28.8. The highest BCUT2D eigenvalue weighted by Gasteiger charge is 2.24. The van der Waals surface area contributed by atoms with Crippen molar-refractivity contribution in [3.05, 3.63) is 29.3 Å². The van der Waals surface area contributed by atoms with Crippen molar-refractivity contribution in [2.45, 2.75) is 39.2 Å². The maximum atomic E-state index is 12.8. The van der Waals surface area contributed by atoms with Crippen molar-refractivity contribution in [3.63, 3.8) is 0 Å². The lowest BCUT2D eigenvalue weighted by Crippen LogP contribution is -2.43. The van der Waals surface area contributed by atoms with Gasteiger partial charge in [-0.25, -0.2) is 4.79 Å². The first-order valence-corrected chi connectivity index (χ1v) is 9.11. The van der Waals surface area contributed by atoms with Gasteiger partial charge in [-0.3, -0.25) is 4.79 Å². The third-order valence-corrected chi connectivity index (χ3v) is 5.08. The molecule has 0 saturated carbocycles. The SMILES string of the molecule is Cc1cc(C(=O)N2CCCC[C@H]2C)ccc1NC(=O)N1CCOCC1. The monoisotopic (exact) mass is 345 g/mol. The smallest absolute Gasteiger partial charge is 0.322 e. The van der Waals surface area contributed by atoms with Crippen molar-refractivity contribution in [1.29, 1.82) is 0 Å². The van der Waals surface area contributed by atoms with Crippen molar-refractivity contribution in [2.75, 3.05) is 38.2 Å². The first-order chi connectivity index (χ1) is 12.1. The number of morpholine rings is 1. The van der Waals surface area contributed by atoms with Gasteiger partial charge in [-0.05, 0) is 56.9 Å². The van der Waals surface area contributed by atoms with Gasteiger partial charge in [0.05, 0.1) is 13.2 Å². The molecule has 2 aliphatic heterocycles. The lowest BCUT2D eigenvalue weighted by Gasteiger charge is -2.33. The van der Waals surface area contributed by atoms with Gasteiger partial charge in [-0.2, -0.15) is 0 Å². The second kappa shape index (κ2) is 7.87. The maximum absolute atomic E-state index is 12.8. The Morgan fingerprint density at radius 3 is 2.60 bits per heavy atom. The van der Waals surface area contributed by atoms with Crippen molar-refractivity contribution < 1.29 is 14.3 Å². The molecule has 0 bridgehead atoms. The van der Waals surface area contributed by atoms with E-state index in [1.54, 1.807) is 4.90 Å². The molecule has 3 rings (SSSR count). The van der Waals surface area contributed by atoms with E-state index in [-0.39, 0.29) is 11.9 Å². The molecule has 6 heteroatoms. The van der Waals surface area contributed by atoms with E-state index >= 15 is 0 Å². The van der Waals surface area contributed by atoms with Gasteiger partial charge in [0.25, 0.3) is 5.91 Å². The van der Waals surface area contributed by atoms with Crippen LogP contribution in [0.15, 0.2) is 18.2 Å². The minimum Gasteiger partial charge on any atom is -0.378 e. The number of rotatable bonds is 2. The summed E-state index contributed by atoms with van der Waals surface area (Å²) in [5, 5.41) is 2.94. The summed E-state index contributed by atoms with van der Waals surface area (Å²) in [5.74, 6) is 0.0846. The van der Waals surface area contributed by atoms with Gasteiger partial charge in [0.2, 0.25) is 0 Å². The number of nitrogens with one attached hydrogen (secondary N) is 1. The number of likely N-dealkylation sites (tertiary alicyclic amines) is 1. The predicted octanol–water partition coefficient (Wildman–Crippen LogP) is 2.87. The van der Waals surface area contributed by atoms with Crippen LogP contribution in [0.4, 0.5) is 10.5 Å². The quantitative estimate of drug-likeness (QED) is 0.896. The topological polar surface area (TPSA) is 61.9 Å². The maximum Gasteiger partial charge on any atom is 0.322 e. The Labute approximate surface area is 149 Å².